The molecular weight excluding hydrogens is 307 g/mol. The fourth-order valence-corrected chi connectivity index (χ4v) is 2.38. The van der Waals surface area contributed by atoms with E-state index < -0.39 is 5.82 Å². The lowest BCUT2D eigenvalue weighted by Gasteiger charge is -2.13. The smallest absolute Gasteiger partial charge is 0.161 e. The first kappa shape index (κ1) is 17.6. The van der Waals surface area contributed by atoms with Crippen LogP contribution in [0.25, 0.3) is 0 Å². The van der Waals surface area contributed by atoms with E-state index in [1.165, 1.54) is 6.07 Å². The molecule has 5 heteroatoms. The van der Waals surface area contributed by atoms with Crippen LogP contribution in [-0.2, 0) is 6.42 Å². The van der Waals surface area contributed by atoms with Gasteiger partial charge in [0.2, 0.25) is 0 Å². The van der Waals surface area contributed by atoms with Crippen molar-refractivity contribution in [3.63, 3.8) is 0 Å². The number of nitrogens with zero attached hydrogens (tertiary/aromatic N) is 1. The van der Waals surface area contributed by atoms with Crippen LogP contribution in [0.15, 0.2) is 36.4 Å². The quantitative estimate of drug-likeness (QED) is 0.791. The van der Waals surface area contributed by atoms with Gasteiger partial charge in [-0.25, -0.2) is 4.39 Å². The molecule has 2 rings (SSSR count). The normalized spacial score (nSPS) is 10.1. The van der Waals surface area contributed by atoms with Crippen LogP contribution in [-0.4, -0.2) is 19.8 Å². The molecule has 2 aromatic rings. The molecule has 0 unspecified atom stereocenters. The van der Waals surface area contributed by atoms with Gasteiger partial charge in [-0.3, -0.25) is 0 Å². The molecule has 0 aliphatic heterocycles. The largest absolute Gasteiger partial charge is 0.490 e. The van der Waals surface area contributed by atoms with Crippen molar-refractivity contribution in [2.75, 3.05) is 25.1 Å². The molecule has 0 atom stereocenters. The van der Waals surface area contributed by atoms with Crippen molar-refractivity contribution in [2.45, 2.75) is 20.3 Å². The number of halogens is 1. The maximum atomic E-state index is 13.6. The van der Waals surface area contributed by atoms with Gasteiger partial charge < -0.3 is 14.8 Å². The third-order valence-corrected chi connectivity index (χ3v) is 3.46. The molecule has 0 amide bonds. The summed E-state index contributed by atoms with van der Waals surface area (Å²) in [5, 5.41) is 12.1. The van der Waals surface area contributed by atoms with E-state index in [1.54, 1.807) is 12.1 Å². The van der Waals surface area contributed by atoms with Gasteiger partial charge in [-0.05, 0) is 50.1 Å². The molecule has 1 N–H and O–H groups in total. The fraction of sp³-hybridized carbons (Fsp3) is 0.316. The average Bonchev–Trinajstić information content (AvgIpc) is 2.58. The zero-order chi connectivity index (χ0) is 17.4. The summed E-state index contributed by atoms with van der Waals surface area (Å²) in [7, 11) is 0. The van der Waals surface area contributed by atoms with Gasteiger partial charge in [0.05, 0.1) is 18.9 Å². The summed E-state index contributed by atoms with van der Waals surface area (Å²) < 4.78 is 24.7. The topological polar surface area (TPSA) is 54.3 Å². The van der Waals surface area contributed by atoms with E-state index in [0.717, 1.165) is 17.1 Å². The molecule has 0 aliphatic rings. The minimum absolute atomic E-state index is 0.0409. The second-order valence-corrected chi connectivity index (χ2v) is 5.10. The molecule has 0 radical (unpaired) electrons. The van der Waals surface area contributed by atoms with Crippen molar-refractivity contribution in [1.82, 2.24) is 0 Å². The number of rotatable bonds is 8. The van der Waals surface area contributed by atoms with Crippen LogP contribution >= 0.6 is 0 Å². The highest BCUT2D eigenvalue weighted by Crippen LogP contribution is 2.28. The van der Waals surface area contributed by atoms with Crippen molar-refractivity contribution in [3.8, 4) is 17.6 Å². The molecule has 0 heterocycles. The van der Waals surface area contributed by atoms with E-state index in [-0.39, 0.29) is 5.56 Å². The van der Waals surface area contributed by atoms with Gasteiger partial charge >= 0.3 is 0 Å². The SMILES string of the molecule is CCOc1ccc(CCNc2cccc(F)c2C#N)cc1OCC. The Kier molecular flexibility index (Phi) is 6.44. The van der Waals surface area contributed by atoms with Crippen LogP contribution in [0.4, 0.5) is 10.1 Å². The molecule has 0 saturated heterocycles. The lowest BCUT2D eigenvalue weighted by molar-refractivity contribution is 0.287. The Morgan fingerprint density at radius 2 is 1.83 bits per heavy atom. The summed E-state index contributed by atoms with van der Waals surface area (Å²) >= 11 is 0. The van der Waals surface area contributed by atoms with Gasteiger partial charge in [-0.1, -0.05) is 12.1 Å². The Balaban J connectivity index is 2.03. The van der Waals surface area contributed by atoms with E-state index in [0.29, 0.717) is 31.9 Å². The van der Waals surface area contributed by atoms with Crippen LogP contribution < -0.4 is 14.8 Å². The zero-order valence-electron chi connectivity index (χ0n) is 13.9. The lowest BCUT2D eigenvalue weighted by Crippen LogP contribution is -2.07. The first-order valence-corrected chi connectivity index (χ1v) is 8.00. The second-order valence-electron chi connectivity index (χ2n) is 5.10. The third-order valence-electron chi connectivity index (χ3n) is 3.46. The molecule has 0 saturated carbocycles. The molecule has 0 fully saturated rings. The maximum Gasteiger partial charge on any atom is 0.161 e. The van der Waals surface area contributed by atoms with E-state index >= 15 is 0 Å². The van der Waals surface area contributed by atoms with Gasteiger partial charge in [0.15, 0.2) is 11.5 Å². The highest BCUT2D eigenvalue weighted by atomic mass is 19.1. The lowest BCUT2D eigenvalue weighted by atomic mass is 10.1. The number of ether oxygens (including phenoxy) is 2. The Hall–Kier alpha value is -2.74. The number of benzene rings is 2. The van der Waals surface area contributed by atoms with E-state index in [4.69, 9.17) is 14.7 Å². The summed E-state index contributed by atoms with van der Waals surface area (Å²) in [6.07, 6.45) is 0.716. The van der Waals surface area contributed by atoms with Gasteiger partial charge in [0.25, 0.3) is 0 Å². The molecule has 0 spiro atoms. The van der Waals surface area contributed by atoms with E-state index in [9.17, 15) is 4.39 Å². The standard InChI is InChI=1S/C19H21FN2O2/c1-3-23-18-9-8-14(12-19(18)24-4-2)10-11-22-17-7-5-6-16(20)15(17)13-21/h5-9,12,22H,3-4,10-11H2,1-2H3. The van der Waals surface area contributed by atoms with Gasteiger partial charge in [0.1, 0.15) is 17.4 Å². The average molecular weight is 328 g/mol. The minimum Gasteiger partial charge on any atom is -0.490 e. The Morgan fingerprint density at radius 1 is 1.08 bits per heavy atom. The van der Waals surface area contributed by atoms with Crippen molar-refractivity contribution in [3.05, 3.63) is 53.3 Å². The van der Waals surface area contributed by atoms with Crippen LogP contribution in [0.1, 0.15) is 25.0 Å². The maximum absolute atomic E-state index is 13.6. The second kappa shape index (κ2) is 8.78. The Bertz CT molecular complexity index is 726. The Labute approximate surface area is 141 Å². The highest BCUT2D eigenvalue weighted by Gasteiger charge is 2.08. The van der Waals surface area contributed by atoms with Crippen LogP contribution in [0, 0.1) is 17.1 Å². The van der Waals surface area contributed by atoms with Crippen LogP contribution in [0.3, 0.4) is 0 Å². The van der Waals surface area contributed by atoms with Gasteiger partial charge in [0, 0.05) is 6.54 Å². The molecule has 0 aromatic heterocycles. The predicted molar refractivity (Wildman–Crippen MR) is 92.1 cm³/mol. The molecule has 2 aromatic carbocycles. The van der Waals surface area contributed by atoms with Gasteiger partial charge in [-0.15, -0.1) is 0 Å². The number of nitrogens with one attached hydrogen (secondary N) is 1. The highest BCUT2D eigenvalue weighted by molar-refractivity contribution is 5.58. The number of hydrogen-bond donors (Lipinski definition) is 1. The van der Waals surface area contributed by atoms with Crippen molar-refractivity contribution in [1.29, 1.82) is 5.26 Å². The molecular formula is C19H21FN2O2. The van der Waals surface area contributed by atoms with Crippen molar-refractivity contribution >= 4 is 5.69 Å². The van der Waals surface area contributed by atoms with E-state index in [2.05, 4.69) is 5.32 Å². The summed E-state index contributed by atoms with van der Waals surface area (Å²) in [4.78, 5) is 0. The van der Waals surface area contributed by atoms with Crippen LogP contribution in [0.5, 0.6) is 11.5 Å². The molecule has 0 aliphatic carbocycles. The predicted octanol–water partition coefficient (Wildman–Crippen LogP) is 4.15. The first-order valence-electron chi connectivity index (χ1n) is 8.00. The summed E-state index contributed by atoms with van der Waals surface area (Å²) in [6, 6.07) is 12.3. The Morgan fingerprint density at radius 3 is 2.54 bits per heavy atom. The van der Waals surface area contributed by atoms with Crippen LogP contribution in [0.2, 0.25) is 0 Å². The molecule has 4 nitrogen and oxygen atoms in total. The number of nitriles is 1. The summed E-state index contributed by atoms with van der Waals surface area (Å²) in [5.74, 6) is 0.940. The molecule has 0 bridgehead atoms. The monoisotopic (exact) mass is 328 g/mol. The summed E-state index contributed by atoms with van der Waals surface area (Å²) in [6.45, 7) is 5.59. The number of anilines is 1. The van der Waals surface area contributed by atoms with Gasteiger partial charge in [-0.2, -0.15) is 5.26 Å². The first-order chi connectivity index (χ1) is 11.7. The summed E-state index contributed by atoms with van der Waals surface area (Å²) in [5.41, 5.74) is 1.62. The minimum atomic E-state index is -0.512. The third kappa shape index (κ3) is 4.39. The fourth-order valence-electron chi connectivity index (χ4n) is 2.38. The van der Waals surface area contributed by atoms with Crippen molar-refractivity contribution < 1.29 is 13.9 Å². The molecule has 126 valence electrons. The number of hydrogen-bond acceptors (Lipinski definition) is 4. The van der Waals surface area contributed by atoms with Crippen molar-refractivity contribution in [2.24, 2.45) is 0 Å². The zero-order valence-corrected chi connectivity index (χ0v) is 13.9. The molecule has 24 heavy (non-hydrogen) atoms. The van der Waals surface area contributed by atoms with E-state index in [1.807, 2.05) is 38.1 Å².